The summed E-state index contributed by atoms with van der Waals surface area (Å²) in [5.74, 6) is 1.03. The van der Waals surface area contributed by atoms with Gasteiger partial charge in [-0.1, -0.05) is 12.1 Å². The van der Waals surface area contributed by atoms with E-state index in [0.29, 0.717) is 32.7 Å². The van der Waals surface area contributed by atoms with Crippen molar-refractivity contribution in [2.24, 2.45) is 0 Å². The smallest absolute Gasteiger partial charge is 0.317 e. The largest absolute Gasteiger partial charge is 0.492 e. The number of para-hydroxylation sites is 2. The Morgan fingerprint density at radius 3 is 2.41 bits per heavy atom. The zero-order valence-corrected chi connectivity index (χ0v) is 16.2. The molecular weight excluding hydrogens is 344 g/mol. The summed E-state index contributed by atoms with van der Waals surface area (Å²) in [5.41, 5.74) is 1.08. The molecule has 2 saturated heterocycles. The molecule has 27 heavy (non-hydrogen) atoms. The first kappa shape index (κ1) is 19.3. The van der Waals surface area contributed by atoms with Crippen LogP contribution in [0.4, 0.5) is 10.5 Å². The van der Waals surface area contributed by atoms with E-state index in [4.69, 9.17) is 4.74 Å². The molecule has 0 unspecified atom stereocenters. The van der Waals surface area contributed by atoms with Crippen LogP contribution in [0.5, 0.6) is 5.75 Å². The molecule has 1 aromatic carbocycles. The second kappa shape index (κ2) is 9.48. The van der Waals surface area contributed by atoms with Gasteiger partial charge in [0.1, 0.15) is 5.75 Å². The summed E-state index contributed by atoms with van der Waals surface area (Å²) in [6, 6.07) is 7.94. The maximum Gasteiger partial charge on any atom is 0.317 e. The lowest BCUT2D eigenvalue weighted by molar-refractivity contribution is -0.129. The Balaban J connectivity index is 1.42. The van der Waals surface area contributed by atoms with Gasteiger partial charge in [0, 0.05) is 52.2 Å². The zero-order chi connectivity index (χ0) is 19.1. The Hall–Kier alpha value is -2.44. The molecule has 1 N–H and O–H groups in total. The number of amides is 3. The van der Waals surface area contributed by atoms with Gasteiger partial charge in [0.15, 0.2) is 0 Å². The molecule has 2 fully saturated rings. The van der Waals surface area contributed by atoms with E-state index in [0.717, 1.165) is 50.5 Å². The summed E-state index contributed by atoms with van der Waals surface area (Å²) in [4.78, 5) is 30.4. The average Bonchev–Trinajstić information content (AvgIpc) is 3.24. The molecule has 0 radical (unpaired) electrons. The van der Waals surface area contributed by atoms with Crippen molar-refractivity contribution in [1.82, 2.24) is 15.1 Å². The number of hydrogen-bond donors (Lipinski definition) is 1. The molecule has 3 amide bonds. The minimum atomic E-state index is -0.0815. The number of nitrogens with zero attached hydrogens (tertiary/aromatic N) is 3. The van der Waals surface area contributed by atoms with Gasteiger partial charge in [0.25, 0.3) is 0 Å². The Morgan fingerprint density at radius 2 is 1.70 bits per heavy atom. The molecule has 2 aliphatic rings. The molecule has 2 heterocycles. The van der Waals surface area contributed by atoms with Crippen molar-refractivity contribution >= 4 is 17.6 Å². The van der Waals surface area contributed by atoms with E-state index < -0.39 is 0 Å². The van der Waals surface area contributed by atoms with Gasteiger partial charge in [0.05, 0.1) is 12.3 Å². The number of piperazine rings is 1. The molecule has 0 atom stereocenters. The summed E-state index contributed by atoms with van der Waals surface area (Å²) < 4.78 is 5.71. The van der Waals surface area contributed by atoms with Crippen LogP contribution in [0.15, 0.2) is 24.3 Å². The molecule has 0 bridgehead atoms. The minimum Gasteiger partial charge on any atom is -0.492 e. The minimum absolute atomic E-state index is 0.0815. The van der Waals surface area contributed by atoms with Crippen molar-refractivity contribution in [2.45, 2.75) is 26.2 Å². The fourth-order valence-electron chi connectivity index (χ4n) is 3.66. The Kier molecular flexibility index (Phi) is 6.79. The molecule has 3 rings (SSSR count). The third-order valence-electron chi connectivity index (χ3n) is 5.15. The monoisotopic (exact) mass is 374 g/mol. The molecule has 1 aromatic rings. The predicted molar refractivity (Wildman–Crippen MR) is 105 cm³/mol. The highest BCUT2D eigenvalue weighted by Crippen LogP contribution is 2.28. The molecule has 0 aliphatic carbocycles. The van der Waals surface area contributed by atoms with Crippen molar-refractivity contribution in [1.29, 1.82) is 0 Å². The van der Waals surface area contributed by atoms with Crippen LogP contribution in [0.2, 0.25) is 0 Å². The molecule has 7 heteroatoms. The van der Waals surface area contributed by atoms with Crippen molar-refractivity contribution in [3.05, 3.63) is 24.3 Å². The van der Waals surface area contributed by atoms with Gasteiger partial charge in [0.2, 0.25) is 5.91 Å². The van der Waals surface area contributed by atoms with E-state index in [-0.39, 0.29) is 11.9 Å². The van der Waals surface area contributed by atoms with E-state index in [1.54, 1.807) is 0 Å². The van der Waals surface area contributed by atoms with Crippen LogP contribution in [0, 0.1) is 0 Å². The van der Waals surface area contributed by atoms with Gasteiger partial charge in [-0.25, -0.2) is 4.79 Å². The maximum absolute atomic E-state index is 12.4. The molecular formula is C20H30N4O3. The van der Waals surface area contributed by atoms with Crippen molar-refractivity contribution in [2.75, 3.05) is 57.3 Å². The maximum atomic E-state index is 12.4. The number of nitrogens with one attached hydrogen (secondary N) is 1. The van der Waals surface area contributed by atoms with Crippen LogP contribution in [-0.2, 0) is 4.79 Å². The standard InChI is InChI=1S/C20H30N4O3/c1-2-27-18-8-4-3-7-17(18)22-13-15-24(16-14-22)20(26)21-10-9-19(25)23-11-5-6-12-23/h3-4,7-8H,2,5-6,9-16H2,1H3,(H,21,26). The SMILES string of the molecule is CCOc1ccccc1N1CCN(C(=O)NCCC(=O)N2CCCC2)CC1. The highest BCUT2D eigenvalue weighted by molar-refractivity contribution is 5.78. The first-order valence-electron chi connectivity index (χ1n) is 9.96. The van der Waals surface area contributed by atoms with Gasteiger partial charge < -0.3 is 24.8 Å². The van der Waals surface area contributed by atoms with E-state index >= 15 is 0 Å². The zero-order valence-electron chi connectivity index (χ0n) is 16.2. The first-order valence-corrected chi connectivity index (χ1v) is 9.96. The Labute approximate surface area is 161 Å². The third-order valence-corrected chi connectivity index (χ3v) is 5.15. The topological polar surface area (TPSA) is 65.1 Å². The number of rotatable bonds is 6. The summed E-state index contributed by atoms with van der Waals surface area (Å²) in [5, 5.41) is 2.89. The number of anilines is 1. The number of likely N-dealkylation sites (tertiary alicyclic amines) is 1. The molecule has 0 saturated carbocycles. The predicted octanol–water partition coefficient (Wildman–Crippen LogP) is 1.93. The third kappa shape index (κ3) is 5.05. The number of urea groups is 1. The van der Waals surface area contributed by atoms with Crippen LogP contribution in [0.3, 0.4) is 0 Å². The Bertz CT molecular complexity index is 638. The van der Waals surface area contributed by atoms with Crippen LogP contribution in [0.1, 0.15) is 26.2 Å². The lowest BCUT2D eigenvalue weighted by Crippen LogP contribution is -2.52. The normalized spacial score (nSPS) is 17.1. The Morgan fingerprint density at radius 1 is 1.00 bits per heavy atom. The van der Waals surface area contributed by atoms with Gasteiger partial charge in [-0.2, -0.15) is 0 Å². The van der Waals surface area contributed by atoms with Crippen LogP contribution >= 0.6 is 0 Å². The fraction of sp³-hybridized carbons (Fsp3) is 0.600. The first-order chi connectivity index (χ1) is 13.2. The number of carbonyl (C=O) groups excluding carboxylic acids is 2. The molecule has 2 aliphatic heterocycles. The van der Waals surface area contributed by atoms with Crippen LogP contribution in [0.25, 0.3) is 0 Å². The van der Waals surface area contributed by atoms with E-state index in [9.17, 15) is 9.59 Å². The van der Waals surface area contributed by atoms with Crippen LogP contribution in [-0.4, -0.2) is 74.2 Å². The second-order valence-electron chi connectivity index (χ2n) is 6.94. The van der Waals surface area contributed by atoms with Gasteiger partial charge in [-0.3, -0.25) is 4.79 Å². The highest BCUT2D eigenvalue weighted by Gasteiger charge is 2.23. The summed E-state index contributed by atoms with van der Waals surface area (Å²) in [6.45, 7) is 7.59. The van der Waals surface area contributed by atoms with Crippen molar-refractivity contribution < 1.29 is 14.3 Å². The second-order valence-corrected chi connectivity index (χ2v) is 6.94. The van der Waals surface area contributed by atoms with E-state index in [2.05, 4.69) is 16.3 Å². The van der Waals surface area contributed by atoms with Gasteiger partial charge in [-0.15, -0.1) is 0 Å². The van der Waals surface area contributed by atoms with Gasteiger partial charge >= 0.3 is 6.03 Å². The number of hydrogen-bond acceptors (Lipinski definition) is 4. The summed E-state index contributed by atoms with van der Waals surface area (Å²) in [6.07, 6.45) is 2.57. The van der Waals surface area contributed by atoms with Crippen LogP contribution < -0.4 is 15.0 Å². The molecule has 7 nitrogen and oxygen atoms in total. The molecule has 0 aromatic heterocycles. The van der Waals surface area contributed by atoms with E-state index in [1.165, 1.54) is 0 Å². The van der Waals surface area contributed by atoms with Crippen molar-refractivity contribution in [3.8, 4) is 5.75 Å². The number of benzene rings is 1. The lowest BCUT2D eigenvalue weighted by Gasteiger charge is -2.36. The molecule has 148 valence electrons. The average molecular weight is 374 g/mol. The van der Waals surface area contributed by atoms with Crippen molar-refractivity contribution in [3.63, 3.8) is 0 Å². The molecule has 0 spiro atoms. The summed E-state index contributed by atoms with van der Waals surface area (Å²) >= 11 is 0. The quantitative estimate of drug-likeness (QED) is 0.826. The fourth-order valence-corrected chi connectivity index (χ4v) is 3.66. The number of ether oxygens (including phenoxy) is 1. The highest BCUT2D eigenvalue weighted by atomic mass is 16.5. The van der Waals surface area contributed by atoms with Gasteiger partial charge in [-0.05, 0) is 31.9 Å². The lowest BCUT2D eigenvalue weighted by atomic mass is 10.2. The number of carbonyl (C=O) groups is 2. The summed E-state index contributed by atoms with van der Waals surface area (Å²) in [7, 11) is 0. The van der Waals surface area contributed by atoms with E-state index in [1.807, 2.05) is 34.9 Å².